The summed E-state index contributed by atoms with van der Waals surface area (Å²) in [5.41, 5.74) is 1.21. The standard InChI is InChI=1S/C14H22BrNO2/c1-4-7-16-9-12-8-13(5-6-14(12)15)18-11(2)10-17-3/h5-6,8,11,16H,4,7,9-10H2,1-3H3. The van der Waals surface area contributed by atoms with E-state index in [2.05, 4.69) is 34.2 Å². The summed E-state index contributed by atoms with van der Waals surface area (Å²) in [4.78, 5) is 0. The van der Waals surface area contributed by atoms with Crippen LogP contribution in [-0.4, -0.2) is 26.4 Å². The molecule has 1 atom stereocenters. The zero-order valence-corrected chi connectivity index (χ0v) is 12.9. The lowest BCUT2D eigenvalue weighted by Gasteiger charge is -2.15. The fourth-order valence-electron chi connectivity index (χ4n) is 1.66. The van der Waals surface area contributed by atoms with Gasteiger partial charge in [0.25, 0.3) is 0 Å². The number of methoxy groups -OCH3 is 1. The fourth-order valence-corrected chi connectivity index (χ4v) is 2.05. The Hall–Kier alpha value is -0.580. The molecule has 0 aromatic heterocycles. The van der Waals surface area contributed by atoms with Gasteiger partial charge in [-0.1, -0.05) is 22.9 Å². The molecule has 0 amide bonds. The van der Waals surface area contributed by atoms with Gasteiger partial charge >= 0.3 is 0 Å². The maximum atomic E-state index is 5.78. The van der Waals surface area contributed by atoms with Gasteiger partial charge in [-0.3, -0.25) is 0 Å². The van der Waals surface area contributed by atoms with Crippen LogP contribution < -0.4 is 10.1 Å². The number of ether oxygens (including phenoxy) is 2. The van der Waals surface area contributed by atoms with Gasteiger partial charge in [-0.05, 0) is 43.7 Å². The Kier molecular flexibility index (Phi) is 7.32. The normalized spacial score (nSPS) is 12.4. The Morgan fingerprint density at radius 2 is 2.17 bits per heavy atom. The van der Waals surface area contributed by atoms with Crippen molar-refractivity contribution in [1.82, 2.24) is 5.32 Å². The molecule has 1 aromatic rings. The van der Waals surface area contributed by atoms with Crippen molar-refractivity contribution in [2.24, 2.45) is 0 Å². The summed E-state index contributed by atoms with van der Waals surface area (Å²) in [5.74, 6) is 0.885. The van der Waals surface area contributed by atoms with E-state index in [1.807, 2.05) is 19.1 Å². The molecule has 1 unspecified atom stereocenters. The van der Waals surface area contributed by atoms with Crippen LogP contribution >= 0.6 is 15.9 Å². The van der Waals surface area contributed by atoms with Crippen molar-refractivity contribution in [3.05, 3.63) is 28.2 Å². The van der Waals surface area contributed by atoms with Gasteiger partial charge in [0.05, 0.1) is 6.61 Å². The molecule has 0 aliphatic carbocycles. The first-order chi connectivity index (χ1) is 8.67. The van der Waals surface area contributed by atoms with E-state index in [-0.39, 0.29) is 6.10 Å². The van der Waals surface area contributed by atoms with Gasteiger partial charge in [0.1, 0.15) is 11.9 Å². The van der Waals surface area contributed by atoms with Crippen LogP contribution in [-0.2, 0) is 11.3 Å². The molecule has 0 aliphatic heterocycles. The summed E-state index contributed by atoms with van der Waals surface area (Å²) in [6, 6.07) is 6.07. The third kappa shape index (κ3) is 5.38. The van der Waals surface area contributed by atoms with E-state index in [1.54, 1.807) is 7.11 Å². The Morgan fingerprint density at radius 1 is 1.39 bits per heavy atom. The van der Waals surface area contributed by atoms with Gasteiger partial charge in [0.15, 0.2) is 0 Å². The van der Waals surface area contributed by atoms with Crippen LogP contribution in [0, 0.1) is 0 Å². The molecule has 0 aliphatic rings. The predicted molar refractivity (Wildman–Crippen MR) is 78.1 cm³/mol. The molecule has 0 fully saturated rings. The lowest BCUT2D eigenvalue weighted by molar-refractivity contribution is 0.0920. The third-order valence-electron chi connectivity index (χ3n) is 2.50. The monoisotopic (exact) mass is 315 g/mol. The SMILES string of the molecule is CCCNCc1cc(OC(C)COC)ccc1Br. The molecule has 0 saturated heterocycles. The highest BCUT2D eigenvalue weighted by molar-refractivity contribution is 9.10. The quantitative estimate of drug-likeness (QED) is 0.746. The fraction of sp³-hybridized carbons (Fsp3) is 0.571. The first-order valence-electron chi connectivity index (χ1n) is 6.32. The summed E-state index contributed by atoms with van der Waals surface area (Å²) >= 11 is 3.56. The van der Waals surface area contributed by atoms with Crippen molar-refractivity contribution >= 4 is 15.9 Å². The smallest absolute Gasteiger partial charge is 0.120 e. The van der Waals surface area contributed by atoms with Crippen molar-refractivity contribution in [1.29, 1.82) is 0 Å². The number of nitrogens with one attached hydrogen (secondary N) is 1. The molecule has 1 rings (SSSR count). The number of rotatable bonds is 8. The average Bonchev–Trinajstić information content (AvgIpc) is 2.34. The highest BCUT2D eigenvalue weighted by atomic mass is 79.9. The van der Waals surface area contributed by atoms with E-state index in [0.29, 0.717) is 6.61 Å². The van der Waals surface area contributed by atoms with Crippen molar-refractivity contribution < 1.29 is 9.47 Å². The van der Waals surface area contributed by atoms with Gasteiger partial charge in [-0.25, -0.2) is 0 Å². The molecular weight excluding hydrogens is 294 g/mol. The molecule has 102 valence electrons. The van der Waals surface area contributed by atoms with Crippen LogP contribution in [0.15, 0.2) is 22.7 Å². The van der Waals surface area contributed by atoms with E-state index in [4.69, 9.17) is 9.47 Å². The summed E-state index contributed by atoms with van der Waals surface area (Å²) < 4.78 is 12.0. The van der Waals surface area contributed by atoms with E-state index in [0.717, 1.165) is 29.7 Å². The molecule has 3 nitrogen and oxygen atoms in total. The number of hydrogen-bond donors (Lipinski definition) is 1. The van der Waals surface area contributed by atoms with Crippen molar-refractivity contribution in [2.45, 2.75) is 32.9 Å². The molecule has 0 spiro atoms. The second kappa shape index (κ2) is 8.51. The first kappa shape index (κ1) is 15.5. The Balaban J connectivity index is 2.61. The van der Waals surface area contributed by atoms with Gasteiger partial charge < -0.3 is 14.8 Å². The minimum atomic E-state index is 0.0626. The molecule has 0 radical (unpaired) electrons. The Morgan fingerprint density at radius 3 is 2.83 bits per heavy atom. The van der Waals surface area contributed by atoms with Crippen LogP contribution in [0.4, 0.5) is 0 Å². The summed E-state index contributed by atoms with van der Waals surface area (Å²) in [7, 11) is 1.68. The lowest BCUT2D eigenvalue weighted by Crippen LogP contribution is -2.18. The molecule has 1 aromatic carbocycles. The number of halogens is 1. The molecule has 0 heterocycles. The summed E-state index contributed by atoms with van der Waals surface area (Å²) in [6.07, 6.45) is 1.20. The van der Waals surface area contributed by atoms with Crippen LogP contribution in [0.5, 0.6) is 5.75 Å². The summed E-state index contributed by atoms with van der Waals surface area (Å²) in [5, 5.41) is 3.39. The summed E-state index contributed by atoms with van der Waals surface area (Å²) in [6.45, 7) is 6.63. The highest BCUT2D eigenvalue weighted by Gasteiger charge is 2.06. The maximum Gasteiger partial charge on any atom is 0.120 e. The van der Waals surface area contributed by atoms with Gasteiger partial charge in [0, 0.05) is 18.1 Å². The van der Waals surface area contributed by atoms with E-state index < -0.39 is 0 Å². The van der Waals surface area contributed by atoms with Gasteiger partial charge in [-0.2, -0.15) is 0 Å². The Labute approximate surface area is 118 Å². The second-order valence-electron chi connectivity index (χ2n) is 4.31. The first-order valence-corrected chi connectivity index (χ1v) is 7.11. The van der Waals surface area contributed by atoms with Crippen LogP contribution in [0.3, 0.4) is 0 Å². The molecule has 18 heavy (non-hydrogen) atoms. The lowest BCUT2D eigenvalue weighted by atomic mass is 10.2. The number of hydrogen-bond acceptors (Lipinski definition) is 3. The largest absolute Gasteiger partial charge is 0.488 e. The maximum absolute atomic E-state index is 5.78. The van der Waals surface area contributed by atoms with Crippen molar-refractivity contribution in [3.8, 4) is 5.75 Å². The Bertz CT molecular complexity index is 358. The van der Waals surface area contributed by atoms with Crippen LogP contribution in [0.25, 0.3) is 0 Å². The number of benzene rings is 1. The van der Waals surface area contributed by atoms with Crippen molar-refractivity contribution in [2.75, 3.05) is 20.3 Å². The minimum Gasteiger partial charge on any atom is -0.488 e. The topological polar surface area (TPSA) is 30.5 Å². The zero-order valence-electron chi connectivity index (χ0n) is 11.3. The molecule has 4 heteroatoms. The minimum absolute atomic E-state index is 0.0626. The van der Waals surface area contributed by atoms with Crippen LogP contribution in [0.1, 0.15) is 25.8 Å². The van der Waals surface area contributed by atoms with E-state index in [9.17, 15) is 0 Å². The third-order valence-corrected chi connectivity index (χ3v) is 3.27. The highest BCUT2D eigenvalue weighted by Crippen LogP contribution is 2.23. The molecule has 1 N–H and O–H groups in total. The average molecular weight is 316 g/mol. The van der Waals surface area contributed by atoms with E-state index in [1.165, 1.54) is 5.56 Å². The molecule has 0 saturated carbocycles. The van der Waals surface area contributed by atoms with Crippen LogP contribution in [0.2, 0.25) is 0 Å². The molecular formula is C14H22BrNO2. The zero-order chi connectivity index (χ0) is 13.4. The van der Waals surface area contributed by atoms with Gasteiger partial charge in [0.2, 0.25) is 0 Å². The van der Waals surface area contributed by atoms with Gasteiger partial charge in [-0.15, -0.1) is 0 Å². The predicted octanol–water partition coefficient (Wildman–Crippen LogP) is 3.36. The second-order valence-corrected chi connectivity index (χ2v) is 5.17. The molecule has 0 bridgehead atoms. The van der Waals surface area contributed by atoms with E-state index >= 15 is 0 Å². The van der Waals surface area contributed by atoms with Crippen molar-refractivity contribution in [3.63, 3.8) is 0 Å².